The van der Waals surface area contributed by atoms with Crippen LogP contribution in [0.2, 0.25) is 10.0 Å². The van der Waals surface area contributed by atoms with Gasteiger partial charge in [-0.15, -0.1) is 0 Å². The second-order valence-corrected chi connectivity index (χ2v) is 11.6. The second kappa shape index (κ2) is 12.6. The third kappa shape index (κ3) is 7.94. The maximum absolute atomic E-state index is 13.6. The summed E-state index contributed by atoms with van der Waals surface area (Å²) in [4.78, 5) is 39.5. The van der Waals surface area contributed by atoms with Crippen LogP contribution < -0.4 is 9.62 Å². The van der Waals surface area contributed by atoms with Crippen molar-refractivity contribution in [2.24, 2.45) is 5.92 Å². The number of amides is 2. The van der Waals surface area contributed by atoms with Crippen molar-refractivity contribution in [1.82, 2.24) is 10.2 Å². The van der Waals surface area contributed by atoms with Crippen LogP contribution in [0.1, 0.15) is 43.6 Å². The van der Waals surface area contributed by atoms with Crippen LogP contribution >= 0.6 is 23.2 Å². The van der Waals surface area contributed by atoms with E-state index in [0.717, 1.165) is 10.6 Å². The molecule has 2 aromatic carbocycles. The Morgan fingerprint density at radius 1 is 1.00 bits per heavy atom. The van der Waals surface area contributed by atoms with Gasteiger partial charge in [0.2, 0.25) is 21.8 Å². The number of carbonyl (C=O) groups is 3. The van der Waals surface area contributed by atoms with Crippen molar-refractivity contribution in [3.63, 3.8) is 0 Å². The smallest absolute Gasteiger partial charge is 0.244 e. The molecule has 0 aliphatic heterocycles. The number of rotatable bonds is 11. The average molecular weight is 557 g/mol. The number of benzene rings is 2. The summed E-state index contributed by atoms with van der Waals surface area (Å²) in [6.07, 6.45) is 0.967. The van der Waals surface area contributed by atoms with Crippen LogP contribution in [-0.4, -0.2) is 56.3 Å². The molecule has 0 spiro atoms. The van der Waals surface area contributed by atoms with Crippen LogP contribution in [0, 0.1) is 5.92 Å². The lowest BCUT2D eigenvalue weighted by atomic mass is 10.1. The number of sulfonamides is 1. The molecule has 0 saturated carbocycles. The molecule has 1 atom stereocenters. The molecule has 0 saturated heterocycles. The summed E-state index contributed by atoms with van der Waals surface area (Å²) in [5.74, 6) is -1.10. The van der Waals surface area contributed by atoms with Crippen molar-refractivity contribution in [2.45, 2.75) is 40.3 Å². The summed E-state index contributed by atoms with van der Waals surface area (Å²) in [5.41, 5.74) is 0.892. The van der Waals surface area contributed by atoms with Crippen molar-refractivity contribution in [1.29, 1.82) is 0 Å². The fourth-order valence-corrected chi connectivity index (χ4v) is 4.74. The number of ketones is 1. The first-order valence-electron chi connectivity index (χ1n) is 11.3. The summed E-state index contributed by atoms with van der Waals surface area (Å²) >= 11 is 12.7. The quantitative estimate of drug-likeness (QED) is 0.419. The van der Waals surface area contributed by atoms with E-state index in [1.807, 2.05) is 13.8 Å². The largest absolute Gasteiger partial charge is 0.354 e. The Balaban J connectivity index is 2.47. The van der Waals surface area contributed by atoms with Crippen LogP contribution in [0.15, 0.2) is 42.5 Å². The molecule has 1 N–H and O–H groups in total. The van der Waals surface area contributed by atoms with Crippen LogP contribution in [0.3, 0.4) is 0 Å². The Kier molecular flexibility index (Phi) is 10.3. The average Bonchev–Trinajstić information content (AvgIpc) is 2.79. The molecular weight excluding hydrogens is 525 g/mol. The fourth-order valence-electron chi connectivity index (χ4n) is 3.38. The van der Waals surface area contributed by atoms with Gasteiger partial charge in [0.25, 0.3) is 0 Å². The van der Waals surface area contributed by atoms with Crippen LogP contribution in [-0.2, 0) is 26.2 Å². The summed E-state index contributed by atoms with van der Waals surface area (Å²) in [6.45, 7) is 6.50. The van der Waals surface area contributed by atoms with E-state index in [1.54, 1.807) is 31.2 Å². The normalized spacial score (nSPS) is 12.2. The maximum atomic E-state index is 13.6. The molecule has 0 unspecified atom stereocenters. The third-order valence-corrected chi connectivity index (χ3v) is 7.31. The van der Waals surface area contributed by atoms with Crippen LogP contribution in [0.5, 0.6) is 0 Å². The van der Waals surface area contributed by atoms with Gasteiger partial charge in [0.15, 0.2) is 5.78 Å². The van der Waals surface area contributed by atoms with Crippen molar-refractivity contribution in [2.75, 3.05) is 23.7 Å². The molecular formula is C25H31Cl2N3O5S. The van der Waals surface area contributed by atoms with Gasteiger partial charge in [-0.25, -0.2) is 8.42 Å². The summed E-state index contributed by atoms with van der Waals surface area (Å²) < 4.78 is 26.2. The minimum absolute atomic E-state index is 0.112. The lowest BCUT2D eigenvalue weighted by Gasteiger charge is -2.32. The molecule has 2 aromatic rings. The second-order valence-electron chi connectivity index (χ2n) is 8.91. The van der Waals surface area contributed by atoms with E-state index in [4.69, 9.17) is 23.2 Å². The lowest BCUT2D eigenvalue weighted by Crippen LogP contribution is -2.51. The number of Topliss-reactive ketones (excluding diaryl/α,β-unsaturated/α-hetero) is 1. The molecule has 2 rings (SSSR count). The zero-order valence-corrected chi connectivity index (χ0v) is 23.2. The molecule has 0 aromatic heterocycles. The van der Waals surface area contributed by atoms with Crippen molar-refractivity contribution in [3.8, 4) is 0 Å². The summed E-state index contributed by atoms with van der Waals surface area (Å²) in [5, 5.41) is 3.42. The monoisotopic (exact) mass is 555 g/mol. The highest BCUT2D eigenvalue weighted by Crippen LogP contribution is 2.27. The molecule has 0 aliphatic carbocycles. The molecule has 0 fully saturated rings. The molecule has 0 radical (unpaired) electrons. The number of hydrogen-bond acceptors (Lipinski definition) is 5. The van der Waals surface area contributed by atoms with E-state index in [2.05, 4.69) is 5.32 Å². The molecule has 36 heavy (non-hydrogen) atoms. The Morgan fingerprint density at radius 2 is 1.58 bits per heavy atom. The zero-order chi connectivity index (χ0) is 27.2. The number of hydrogen-bond donors (Lipinski definition) is 1. The van der Waals surface area contributed by atoms with Gasteiger partial charge in [-0.1, -0.05) is 55.2 Å². The standard InChI is InChI=1S/C25H31Cl2N3O5S/c1-16(2)13-28-25(33)17(3)29(14-21-22(26)10-7-11-23(21)27)24(32)15-30(36(5,34)35)20-9-6-8-19(12-20)18(4)31/h6-12,16-17H,13-15H2,1-5H3,(H,28,33)/t17-/m1/s1. The van der Waals surface area contributed by atoms with E-state index in [0.29, 0.717) is 27.7 Å². The van der Waals surface area contributed by atoms with Crippen LogP contribution in [0.4, 0.5) is 5.69 Å². The van der Waals surface area contributed by atoms with Gasteiger partial charge in [-0.05, 0) is 44.0 Å². The van der Waals surface area contributed by atoms with Gasteiger partial charge in [0, 0.05) is 34.3 Å². The molecule has 0 aliphatic rings. The zero-order valence-electron chi connectivity index (χ0n) is 20.9. The molecule has 11 heteroatoms. The Labute approximate surface area is 222 Å². The molecule has 0 heterocycles. The Bertz CT molecular complexity index is 1210. The van der Waals surface area contributed by atoms with E-state index in [9.17, 15) is 22.8 Å². The predicted molar refractivity (Wildman–Crippen MR) is 143 cm³/mol. The molecule has 8 nitrogen and oxygen atoms in total. The van der Waals surface area contributed by atoms with Gasteiger partial charge in [0.05, 0.1) is 11.9 Å². The van der Waals surface area contributed by atoms with Crippen molar-refractivity contribution in [3.05, 3.63) is 63.6 Å². The first-order valence-corrected chi connectivity index (χ1v) is 13.9. The van der Waals surface area contributed by atoms with Crippen molar-refractivity contribution < 1.29 is 22.8 Å². The first-order chi connectivity index (χ1) is 16.7. The Hall–Kier alpha value is -2.62. The van der Waals surface area contributed by atoms with Gasteiger partial charge in [-0.2, -0.15) is 0 Å². The highest BCUT2D eigenvalue weighted by molar-refractivity contribution is 7.92. The highest BCUT2D eigenvalue weighted by Gasteiger charge is 2.31. The number of anilines is 1. The third-order valence-electron chi connectivity index (χ3n) is 5.46. The van der Waals surface area contributed by atoms with Gasteiger partial charge >= 0.3 is 0 Å². The fraction of sp³-hybridized carbons (Fsp3) is 0.400. The van der Waals surface area contributed by atoms with Gasteiger partial charge < -0.3 is 10.2 Å². The molecule has 196 valence electrons. The van der Waals surface area contributed by atoms with Gasteiger partial charge in [0.1, 0.15) is 12.6 Å². The number of nitrogens with one attached hydrogen (secondary N) is 1. The van der Waals surface area contributed by atoms with E-state index >= 15 is 0 Å². The SMILES string of the molecule is CC(=O)c1cccc(N(CC(=O)N(Cc2c(Cl)cccc2Cl)[C@H](C)C(=O)NCC(C)C)S(C)(=O)=O)c1. The van der Waals surface area contributed by atoms with Crippen LogP contribution in [0.25, 0.3) is 0 Å². The van der Waals surface area contributed by atoms with E-state index in [-0.39, 0.29) is 23.9 Å². The predicted octanol–water partition coefficient (Wildman–Crippen LogP) is 4.15. The molecule has 0 bridgehead atoms. The minimum Gasteiger partial charge on any atom is -0.354 e. The summed E-state index contributed by atoms with van der Waals surface area (Å²) in [7, 11) is -3.92. The number of carbonyl (C=O) groups excluding carboxylic acids is 3. The minimum atomic E-state index is -3.92. The van der Waals surface area contributed by atoms with Gasteiger partial charge in [-0.3, -0.25) is 18.7 Å². The number of nitrogens with zero attached hydrogens (tertiary/aromatic N) is 2. The van der Waals surface area contributed by atoms with E-state index < -0.39 is 34.4 Å². The Morgan fingerprint density at radius 3 is 2.11 bits per heavy atom. The van der Waals surface area contributed by atoms with Crippen molar-refractivity contribution >= 4 is 56.5 Å². The first kappa shape index (κ1) is 29.6. The lowest BCUT2D eigenvalue weighted by molar-refractivity contribution is -0.139. The van der Waals surface area contributed by atoms with E-state index in [1.165, 1.54) is 30.0 Å². The molecule has 2 amide bonds. The highest BCUT2D eigenvalue weighted by atomic mass is 35.5. The topological polar surface area (TPSA) is 104 Å². The number of halogens is 2. The summed E-state index contributed by atoms with van der Waals surface area (Å²) in [6, 6.07) is 9.94. The maximum Gasteiger partial charge on any atom is 0.244 e.